The summed E-state index contributed by atoms with van der Waals surface area (Å²) in [4.78, 5) is 0. The van der Waals surface area contributed by atoms with Crippen molar-refractivity contribution >= 4 is 0 Å². The van der Waals surface area contributed by atoms with Crippen LogP contribution in [0.25, 0.3) is 0 Å². The molecule has 0 heterocycles. The van der Waals surface area contributed by atoms with Gasteiger partial charge in [0, 0.05) is 0 Å². The Hall–Kier alpha value is -1.37. The van der Waals surface area contributed by atoms with Crippen molar-refractivity contribution < 1.29 is 5.11 Å². The summed E-state index contributed by atoms with van der Waals surface area (Å²) in [5.41, 5.74) is 6.93. The van der Waals surface area contributed by atoms with Crippen LogP contribution in [0.2, 0.25) is 0 Å². The quantitative estimate of drug-likeness (QED) is 0.704. The molecule has 1 aromatic rings. The van der Waals surface area contributed by atoms with Crippen LogP contribution in [0.3, 0.4) is 0 Å². The second kappa shape index (κ2) is 4.04. The lowest BCUT2D eigenvalue weighted by Crippen LogP contribution is -2.23. The number of hydrogen-bond donors (Lipinski definition) is 2. The molecule has 0 radical (unpaired) electrons. The molecule has 1 aromatic carbocycles. The van der Waals surface area contributed by atoms with Gasteiger partial charge in [-0.1, -0.05) is 18.2 Å². The standard InChI is InChI=1S/C10H12N2O/c1-7(13)10(12)9-5-3-2-4-8(9)6-11/h2-5,7,10,13H,12H2,1H3/t7-,10+/m0/s1. The van der Waals surface area contributed by atoms with Crippen molar-refractivity contribution in [3.05, 3.63) is 35.4 Å². The van der Waals surface area contributed by atoms with E-state index in [1.807, 2.05) is 6.07 Å². The number of hydrogen-bond acceptors (Lipinski definition) is 3. The fourth-order valence-electron chi connectivity index (χ4n) is 1.15. The van der Waals surface area contributed by atoms with E-state index in [2.05, 4.69) is 0 Å². The molecule has 3 N–H and O–H groups in total. The second-order valence-corrected chi connectivity index (χ2v) is 2.97. The normalized spacial score (nSPS) is 14.6. The number of nitriles is 1. The molecule has 3 nitrogen and oxygen atoms in total. The highest BCUT2D eigenvalue weighted by atomic mass is 16.3. The summed E-state index contributed by atoms with van der Waals surface area (Å²) in [5, 5.41) is 18.0. The Balaban J connectivity index is 3.07. The Morgan fingerprint density at radius 3 is 2.62 bits per heavy atom. The van der Waals surface area contributed by atoms with E-state index in [1.54, 1.807) is 31.2 Å². The highest BCUT2D eigenvalue weighted by molar-refractivity contribution is 5.39. The van der Waals surface area contributed by atoms with Crippen molar-refractivity contribution in [2.75, 3.05) is 0 Å². The monoisotopic (exact) mass is 176 g/mol. The summed E-state index contributed by atoms with van der Waals surface area (Å²) < 4.78 is 0. The maximum Gasteiger partial charge on any atom is 0.0995 e. The first-order valence-electron chi connectivity index (χ1n) is 4.09. The van der Waals surface area contributed by atoms with Crippen LogP contribution in [-0.4, -0.2) is 11.2 Å². The number of nitrogens with two attached hydrogens (primary N) is 1. The topological polar surface area (TPSA) is 70.0 Å². The van der Waals surface area contributed by atoms with Gasteiger partial charge in [-0.05, 0) is 18.6 Å². The molecule has 0 unspecified atom stereocenters. The van der Waals surface area contributed by atoms with E-state index in [9.17, 15) is 5.11 Å². The molecule has 0 aliphatic rings. The van der Waals surface area contributed by atoms with Gasteiger partial charge in [-0.15, -0.1) is 0 Å². The third-order valence-electron chi connectivity index (χ3n) is 1.96. The molecule has 0 aromatic heterocycles. The van der Waals surface area contributed by atoms with Gasteiger partial charge in [0.1, 0.15) is 0 Å². The SMILES string of the molecule is C[C@H](O)[C@@H](N)c1ccccc1C#N. The molecule has 0 saturated heterocycles. The van der Waals surface area contributed by atoms with Gasteiger partial charge in [0.15, 0.2) is 0 Å². The molecule has 3 heteroatoms. The van der Waals surface area contributed by atoms with Gasteiger partial charge in [-0.2, -0.15) is 5.26 Å². The summed E-state index contributed by atoms with van der Waals surface area (Å²) in [6, 6.07) is 8.58. The van der Waals surface area contributed by atoms with Crippen LogP contribution < -0.4 is 5.73 Å². The Morgan fingerprint density at radius 2 is 2.08 bits per heavy atom. The lowest BCUT2D eigenvalue weighted by atomic mass is 9.98. The minimum atomic E-state index is -0.644. The smallest absolute Gasteiger partial charge is 0.0995 e. The molecule has 0 aliphatic carbocycles. The molecule has 13 heavy (non-hydrogen) atoms. The van der Waals surface area contributed by atoms with Crippen molar-refractivity contribution in [2.45, 2.75) is 19.1 Å². The van der Waals surface area contributed by atoms with Crippen molar-refractivity contribution in [3.63, 3.8) is 0 Å². The molecular formula is C10H12N2O. The molecule has 0 bridgehead atoms. The lowest BCUT2D eigenvalue weighted by molar-refractivity contribution is 0.164. The van der Waals surface area contributed by atoms with E-state index in [1.165, 1.54) is 0 Å². The molecular weight excluding hydrogens is 164 g/mol. The molecule has 0 saturated carbocycles. The van der Waals surface area contributed by atoms with E-state index in [0.717, 1.165) is 0 Å². The molecule has 2 atom stereocenters. The van der Waals surface area contributed by atoms with E-state index < -0.39 is 12.1 Å². The molecule has 68 valence electrons. The number of nitrogens with zero attached hydrogens (tertiary/aromatic N) is 1. The van der Waals surface area contributed by atoms with Gasteiger partial charge in [0.25, 0.3) is 0 Å². The van der Waals surface area contributed by atoms with Crippen molar-refractivity contribution in [1.82, 2.24) is 0 Å². The van der Waals surface area contributed by atoms with Gasteiger partial charge >= 0.3 is 0 Å². The Bertz CT molecular complexity index is 328. The number of aliphatic hydroxyl groups excluding tert-OH is 1. The number of benzene rings is 1. The Morgan fingerprint density at radius 1 is 1.46 bits per heavy atom. The summed E-state index contributed by atoms with van der Waals surface area (Å²) >= 11 is 0. The average molecular weight is 176 g/mol. The predicted molar refractivity (Wildman–Crippen MR) is 49.8 cm³/mol. The molecule has 1 rings (SSSR count). The predicted octanol–water partition coefficient (Wildman–Crippen LogP) is 0.939. The average Bonchev–Trinajstić information content (AvgIpc) is 2.16. The van der Waals surface area contributed by atoms with Crippen LogP contribution in [0.15, 0.2) is 24.3 Å². The fraction of sp³-hybridized carbons (Fsp3) is 0.300. The third kappa shape index (κ3) is 2.05. The summed E-state index contributed by atoms with van der Waals surface area (Å²) in [7, 11) is 0. The van der Waals surface area contributed by atoms with Crippen LogP contribution in [-0.2, 0) is 0 Å². The van der Waals surface area contributed by atoms with Crippen LogP contribution in [0.5, 0.6) is 0 Å². The van der Waals surface area contributed by atoms with E-state index in [0.29, 0.717) is 11.1 Å². The molecule has 0 amide bonds. The van der Waals surface area contributed by atoms with Crippen LogP contribution in [0.4, 0.5) is 0 Å². The first-order valence-corrected chi connectivity index (χ1v) is 4.09. The Labute approximate surface area is 77.4 Å². The van der Waals surface area contributed by atoms with Gasteiger partial charge in [0.2, 0.25) is 0 Å². The molecule has 0 fully saturated rings. The van der Waals surface area contributed by atoms with Crippen molar-refractivity contribution in [1.29, 1.82) is 5.26 Å². The zero-order chi connectivity index (χ0) is 9.84. The fourth-order valence-corrected chi connectivity index (χ4v) is 1.15. The van der Waals surface area contributed by atoms with E-state index in [4.69, 9.17) is 11.0 Å². The maximum atomic E-state index is 9.26. The van der Waals surface area contributed by atoms with Gasteiger partial charge in [-0.25, -0.2) is 0 Å². The van der Waals surface area contributed by atoms with E-state index >= 15 is 0 Å². The number of aliphatic hydroxyl groups is 1. The Kier molecular flexibility index (Phi) is 3.02. The molecule has 0 spiro atoms. The largest absolute Gasteiger partial charge is 0.391 e. The first kappa shape index (κ1) is 9.72. The zero-order valence-corrected chi connectivity index (χ0v) is 7.44. The maximum absolute atomic E-state index is 9.26. The van der Waals surface area contributed by atoms with Crippen molar-refractivity contribution in [3.8, 4) is 6.07 Å². The van der Waals surface area contributed by atoms with Crippen LogP contribution in [0, 0.1) is 11.3 Å². The van der Waals surface area contributed by atoms with Gasteiger partial charge in [0.05, 0.1) is 23.8 Å². The third-order valence-corrected chi connectivity index (χ3v) is 1.96. The summed E-state index contributed by atoms with van der Waals surface area (Å²) in [5.74, 6) is 0. The summed E-state index contributed by atoms with van der Waals surface area (Å²) in [6.45, 7) is 1.61. The van der Waals surface area contributed by atoms with Gasteiger partial charge < -0.3 is 10.8 Å². The van der Waals surface area contributed by atoms with E-state index in [-0.39, 0.29) is 0 Å². The zero-order valence-electron chi connectivity index (χ0n) is 7.44. The van der Waals surface area contributed by atoms with Gasteiger partial charge in [-0.3, -0.25) is 0 Å². The van der Waals surface area contributed by atoms with Crippen LogP contribution >= 0.6 is 0 Å². The highest BCUT2D eigenvalue weighted by Crippen LogP contribution is 2.17. The number of rotatable bonds is 2. The van der Waals surface area contributed by atoms with Crippen molar-refractivity contribution in [2.24, 2.45) is 5.73 Å². The minimum absolute atomic E-state index is 0.490. The molecule has 0 aliphatic heterocycles. The summed E-state index contributed by atoms with van der Waals surface area (Å²) in [6.07, 6.45) is -0.644. The lowest BCUT2D eigenvalue weighted by Gasteiger charge is -2.15. The highest BCUT2D eigenvalue weighted by Gasteiger charge is 2.14. The second-order valence-electron chi connectivity index (χ2n) is 2.97. The minimum Gasteiger partial charge on any atom is -0.391 e. The first-order chi connectivity index (χ1) is 6.16. The van der Waals surface area contributed by atoms with Crippen LogP contribution in [0.1, 0.15) is 24.1 Å².